The van der Waals surface area contributed by atoms with Crippen LogP contribution in [0.1, 0.15) is 32.0 Å². The summed E-state index contributed by atoms with van der Waals surface area (Å²) in [5.41, 5.74) is 3.51. The maximum Gasteiger partial charge on any atom is 0.223 e. The van der Waals surface area contributed by atoms with Crippen LogP contribution in [0.25, 0.3) is 11.0 Å². The zero-order chi connectivity index (χ0) is 15.8. The summed E-state index contributed by atoms with van der Waals surface area (Å²) in [6, 6.07) is 8.00. The molecule has 4 rings (SSSR count). The number of H-pyrrole nitrogens is 1. The molecule has 0 saturated carbocycles. The topological polar surface area (TPSA) is 49.0 Å². The summed E-state index contributed by atoms with van der Waals surface area (Å²) >= 11 is 0. The number of hydrogen-bond acceptors (Lipinski definition) is 2. The first-order valence-corrected chi connectivity index (χ1v) is 8.56. The third kappa shape index (κ3) is 2.90. The lowest BCUT2D eigenvalue weighted by atomic mass is 9.83. The molecule has 23 heavy (non-hydrogen) atoms. The van der Waals surface area contributed by atoms with Gasteiger partial charge in [0.1, 0.15) is 5.82 Å². The Morgan fingerprint density at radius 3 is 3.00 bits per heavy atom. The van der Waals surface area contributed by atoms with Crippen LogP contribution in [0.2, 0.25) is 0 Å². The highest BCUT2D eigenvalue weighted by molar-refractivity contribution is 5.77. The number of nitrogens with one attached hydrogen (secondary N) is 1. The van der Waals surface area contributed by atoms with Crippen LogP contribution >= 0.6 is 0 Å². The van der Waals surface area contributed by atoms with Crippen LogP contribution in [-0.4, -0.2) is 33.9 Å². The zero-order valence-electron chi connectivity index (χ0n) is 13.6. The van der Waals surface area contributed by atoms with Crippen LogP contribution < -0.4 is 0 Å². The van der Waals surface area contributed by atoms with Crippen LogP contribution in [0.4, 0.5) is 0 Å². The van der Waals surface area contributed by atoms with Gasteiger partial charge in [-0.25, -0.2) is 4.98 Å². The van der Waals surface area contributed by atoms with E-state index in [2.05, 4.69) is 27.9 Å². The molecule has 2 aliphatic rings. The van der Waals surface area contributed by atoms with E-state index in [9.17, 15) is 4.79 Å². The molecule has 4 heteroatoms. The molecule has 0 spiro atoms. The van der Waals surface area contributed by atoms with Gasteiger partial charge in [0, 0.05) is 25.9 Å². The van der Waals surface area contributed by atoms with Crippen molar-refractivity contribution >= 4 is 16.9 Å². The number of aromatic amines is 1. The lowest BCUT2D eigenvalue weighted by Gasteiger charge is -2.21. The van der Waals surface area contributed by atoms with Crippen LogP contribution in [0.5, 0.6) is 0 Å². The van der Waals surface area contributed by atoms with Crippen molar-refractivity contribution in [2.75, 3.05) is 13.1 Å². The molecule has 1 saturated heterocycles. The van der Waals surface area contributed by atoms with Gasteiger partial charge in [0.2, 0.25) is 5.91 Å². The van der Waals surface area contributed by atoms with Gasteiger partial charge in [0.15, 0.2) is 0 Å². The SMILES string of the molecule is CC1=CC[C@H]2CN(C(=O)CCc3nc4ccccc4[nH]3)C[C@H]2C1. The van der Waals surface area contributed by atoms with Gasteiger partial charge in [-0.15, -0.1) is 0 Å². The lowest BCUT2D eigenvalue weighted by Crippen LogP contribution is -2.29. The van der Waals surface area contributed by atoms with Crippen LogP contribution in [0, 0.1) is 11.8 Å². The Labute approximate surface area is 136 Å². The molecule has 2 atom stereocenters. The van der Waals surface area contributed by atoms with Crippen molar-refractivity contribution in [3.05, 3.63) is 41.7 Å². The second-order valence-electron chi connectivity index (χ2n) is 7.01. The number of aryl methyl sites for hydroxylation is 1. The monoisotopic (exact) mass is 309 g/mol. The second-order valence-corrected chi connectivity index (χ2v) is 7.01. The Balaban J connectivity index is 1.35. The predicted molar refractivity (Wildman–Crippen MR) is 91.0 cm³/mol. The summed E-state index contributed by atoms with van der Waals surface area (Å²) in [6.45, 7) is 4.09. The van der Waals surface area contributed by atoms with E-state index in [0.717, 1.165) is 42.8 Å². The van der Waals surface area contributed by atoms with Gasteiger partial charge in [-0.05, 0) is 43.7 Å². The molecule has 0 unspecified atom stereocenters. The van der Waals surface area contributed by atoms with E-state index >= 15 is 0 Å². The summed E-state index contributed by atoms with van der Waals surface area (Å²) in [5.74, 6) is 2.54. The Hall–Kier alpha value is -2.10. The second kappa shape index (κ2) is 5.84. The molecular weight excluding hydrogens is 286 g/mol. The first-order valence-electron chi connectivity index (χ1n) is 8.56. The summed E-state index contributed by atoms with van der Waals surface area (Å²) in [6.07, 6.45) is 5.90. The minimum Gasteiger partial charge on any atom is -0.342 e. The number of para-hydroxylation sites is 2. The number of carbonyl (C=O) groups excluding carboxylic acids is 1. The Bertz CT molecular complexity index is 728. The summed E-state index contributed by atoms with van der Waals surface area (Å²) in [7, 11) is 0. The first kappa shape index (κ1) is 14.5. The normalized spacial score (nSPS) is 23.9. The molecule has 0 bridgehead atoms. The number of allylic oxidation sites excluding steroid dienone is 2. The van der Waals surface area contributed by atoms with Crippen LogP contribution in [-0.2, 0) is 11.2 Å². The predicted octanol–water partition coefficient (Wildman–Crippen LogP) is 3.31. The molecule has 1 amide bonds. The van der Waals surface area contributed by atoms with Gasteiger partial charge in [-0.2, -0.15) is 0 Å². The van der Waals surface area contributed by atoms with Crippen molar-refractivity contribution in [1.82, 2.24) is 14.9 Å². The summed E-state index contributed by atoms with van der Waals surface area (Å²) in [4.78, 5) is 22.5. The number of rotatable bonds is 3. The van der Waals surface area contributed by atoms with Crippen molar-refractivity contribution in [3.8, 4) is 0 Å². The number of hydrogen-bond donors (Lipinski definition) is 1. The fraction of sp³-hybridized carbons (Fsp3) is 0.474. The maximum absolute atomic E-state index is 12.5. The largest absolute Gasteiger partial charge is 0.342 e. The molecule has 1 aliphatic carbocycles. The van der Waals surface area contributed by atoms with Crippen molar-refractivity contribution in [1.29, 1.82) is 0 Å². The van der Waals surface area contributed by atoms with Gasteiger partial charge in [0.05, 0.1) is 11.0 Å². The van der Waals surface area contributed by atoms with Crippen molar-refractivity contribution in [2.24, 2.45) is 11.8 Å². The zero-order valence-corrected chi connectivity index (χ0v) is 13.6. The van der Waals surface area contributed by atoms with Gasteiger partial charge in [-0.3, -0.25) is 4.79 Å². The average molecular weight is 309 g/mol. The minimum atomic E-state index is 0.275. The minimum absolute atomic E-state index is 0.275. The van der Waals surface area contributed by atoms with Crippen LogP contribution in [0.15, 0.2) is 35.9 Å². The number of aromatic nitrogens is 2. The van der Waals surface area contributed by atoms with E-state index < -0.39 is 0 Å². The number of nitrogens with zero attached hydrogens (tertiary/aromatic N) is 2. The lowest BCUT2D eigenvalue weighted by molar-refractivity contribution is -0.130. The fourth-order valence-electron chi connectivity index (χ4n) is 4.00. The molecule has 1 aromatic carbocycles. The third-order valence-corrected chi connectivity index (χ3v) is 5.30. The average Bonchev–Trinajstić information content (AvgIpc) is 3.15. The molecule has 120 valence electrons. The smallest absolute Gasteiger partial charge is 0.223 e. The Kier molecular flexibility index (Phi) is 3.68. The van der Waals surface area contributed by atoms with Gasteiger partial charge < -0.3 is 9.88 Å². The molecule has 0 radical (unpaired) electrons. The van der Waals surface area contributed by atoms with Gasteiger partial charge >= 0.3 is 0 Å². The van der Waals surface area contributed by atoms with Crippen molar-refractivity contribution < 1.29 is 4.79 Å². The molecule has 1 aromatic heterocycles. The molecular formula is C19H23N3O. The summed E-state index contributed by atoms with van der Waals surface area (Å²) < 4.78 is 0. The number of imidazole rings is 1. The summed E-state index contributed by atoms with van der Waals surface area (Å²) in [5, 5.41) is 0. The number of likely N-dealkylation sites (tertiary alicyclic amines) is 1. The van der Waals surface area contributed by atoms with Crippen molar-refractivity contribution in [2.45, 2.75) is 32.6 Å². The van der Waals surface area contributed by atoms with E-state index in [1.165, 1.54) is 5.57 Å². The Morgan fingerprint density at radius 1 is 1.30 bits per heavy atom. The highest BCUT2D eigenvalue weighted by Crippen LogP contribution is 2.35. The van der Waals surface area contributed by atoms with E-state index in [0.29, 0.717) is 24.7 Å². The Morgan fingerprint density at radius 2 is 2.13 bits per heavy atom. The standard InChI is InChI=1S/C19H23N3O/c1-13-6-7-14-11-22(12-15(14)10-13)19(23)9-8-18-20-16-4-2-3-5-17(16)21-18/h2-6,14-15H,7-12H2,1H3,(H,20,21)/t14-,15+/m0/s1. The molecule has 1 aliphatic heterocycles. The van der Waals surface area contributed by atoms with Crippen molar-refractivity contribution in [3.63, 3.8) is 0 Å². The van der Waals surface area contributed by atoms with E-state index in [4.69, 9.17) is 0 Å². The number of amides is 1. The number of fused-ring (bicyclic) bond motifs is 2. The molecule has 4 nitrogen and oxygen atoms in total. The first-order chi connectivity index (χ1) is 11.2. The van der Waals surface area contributed by atoms with Gasteiger partial charge in [0.25, 0.3) is 0 Å². The highest BCUT2D eigenvalue weighted by atomic mass is 16.2. The molecule has 2 aromatic rings. The van der Waals surface area contributed by atoms with E-state index in [1.807, 2.05) is 24.3 Å². The quantitative estimate of drug-likeness (QED) is 0.884. The fourth-order valence-corrected chi connectivity index (χ4v) is 4.00. The number of benzene rings is 1. The molecule has 1 fully saturated rings. The maximum atomic E-state index is 12.5. The highest BCUT2D eigenvalue weighted by Gasteiger charge is 2.35. The molecule has 1 N–H and O–H groups in total. The van der Waals surface area contributed by atoms with Gasteiger partial charge in [-0.1, -0.05) is 23.8 Å². The van der Waals surface area contributed by atoms with Crippen LogP contribution in [0.3, 0.4) is 0 Å². The third-order valence-electron chi connectivity index (χ3n) is 5.30. The molecule has 2 heterocycles. The van der Waals surface area contributed by atoms with E-state index in [1.54, 1.807) is 0 Å². The van der Waals surface area contributed by atoms with E-state index in [-0.39, 0.29) is 5.91 Å². The number of carbonyl (C=O) groups is 1.